The van der Waals surface area contributed by atoms with Crippen LogP contribution in [-0.4, -0.2) is 28.1 Å². The van der Waals surface area contributed by atoms with Crippen LogP contribution in [0.25, 0.3) is 21.8 Å². The number of benzene rings is 3. The van der Waals surface area contributed by atoms with E-state index in [1.807, 2.05) is 60.7 Å². The molecule has 0 spiro atoms. The molecule has 4 aromatic rings. The van der Waals surface area contributed by atoms with Gasteiger partial charge in [0.15, 0.2) is 0 Å². The van der Waals surface area contributed by atoms with Crippen molar-refractivity contribution in [3.63, 3.8) is 0 Å². The van der Waals surface area contributed by atoms with Gasteiger partial charge in [0.2, 0.25) is 0 Å². The molecule has 0 fully saturated rings. The first-order valence-corrected chi connectivity index (χ1v) is 8.72. The van der Waals surface area contributed by atoms with Crippen molar-refractivity contribution in [2.75, 3.05) is 0 Å². The number of hydrogen-bond donors (Lipinski definition) is 1. The van der Waals surface area contributed by atoms with Crippen LogP contribution < -0.4 is 11.2 Å². The van der Waals surface area contributed by atoms with Gasteiger partial charge >= 0.3 is 11.7 Å². The molecule has 1 heterocycles. The molecule has 0 saturated heterocycles. The summed E-state index contributed by atoms with van der Waals surface area (Å²) in [4.78, 5) is 24.0. The number of para-hydroxylation sites is 2. The second-order valence-electron chi connectivity index (χ2n) is 6.52. The Hall–Kier alpha value is -3.28. The monoisotopic (exact) mass is 356 g/mol. The average molecular weight is 356 g/mol. The summed E-state index contributed by atoms with van der Waals surface area (Å²) in [5.41, 5.74) is 2.92. The van der Waals surface area contributed by atoms with E-state index in [1.54, 1.807) is 4.57 Å². The van der Waals surface area contributed by atoms with E-state index in [0.29, 0.717) is 12.0 Å². The summed E-state index contributed by atoms with van der Waals surface area (Å²) < 4.78 is 3.20. The van der Waals surface area contributed by atoms with Crippen LogP contribution in [0.1, 0.15) is 12.0 Å². The Morgan fingerprint density at radius 1 is 0.926 bits per heavy atom. The Morgan fingerprint density at radius 3 is 2.30 bits per heavy atom. The average Bonchev–Trinajstić information content (AvgIpc) is 2.92. The Balaban J connectivity index is 1.87. The fourth-order valence-electron chi connectivity index (χ4n) is 3.60. The number of aromatic nitrogens is 2. The second kappa shape index (κ2) is 6.80. The van der Waals surface area contributed by atoms with Gasteiger partial charge in [0.05, 0.1) is 24.0 Å². The molecule has 0 amide bonds. The molecule has 0 saturated carbocycles. The minimum atomic E-state index is -0.930. The van der Waals surface area contributed by atoms with Gasteiger partial charge in [-0.1, -0.05) is 54.0 Å². The van der Waals surface area contributed by atoms with Crippen molar-refractivity contribution in [3.8, 4) is 0 Å². The number of aliphatic carboxylic acids is 1. The third-order valence-electron chi connectivity index (χ3n) is 4.83. The standard InChI is InChI=1S/C21H17BN2O3/c22-16-8-4-6-14-5-3-7-15(20(14)16)13-24-18-10-2-1-9-17(18)23(21(24)27)12-11-19(25)26/h1-10H,11-13H2,(H,25,26). The summed E-state index contributed by atoms with van der Waals surface area (Å²) in [6.45, 7) is 0.504. The van der Waals surface area contributed by atoms with E-state index in [1.165, 1.54) is 4.57 Å². The summed E-state index contributed by atoms with van der Waals surface area (Å²) >= 11 is 0. The van der Waals surface area contributed by atoms with Gasteiger partial charge < -0.3 is 5.11 Å². The molecule has 3 aromatic carbocycles. The van der Waals surface area contributed by atoms with Gasteiger partial charge in [-0.15, -0.1) is 0 Å². The molecule has 1 aromatic heterocycles. The van der Waals surface area contributed by atoms with Crippen LogP contribution in [0.2, 0.25) is 0 Å². The zero-order valence-corrected chi connectivity index (χ0v) is 14.6. The molecule has 132 valence electrons. The van der Waals surface area contributed by atoms with E-state index < -0.39 is 5.97 Å². The molecule has 0 aliphatic carbocycles. The van der Waals surface area contributed by atoms with Gasteiger partial charge in [-0.2, -0.15) is 0 Å². The smallest absolute Gasteiger partial charge is 0.329 e. The third kappa shape index (κ3) is 3.03. The molecular formula is C21H17BN2O3. The molecular weight excluding hydrogens is 339 g/mol. The van der Waals surface area contributed by atoms with Crippen molar-refractivity contribution in [2.24, 2.45) is 0 Å². The first-order chi connectivity index (χ1) is 13.1. The number of imidazole rings is 1. The summed E-state index contributed by atoms with van der Waals surface area (Å²) in [6.07, 6.45) is -0.102. The van der Waals surface area contributed by atoms with Gasteiger partial charge in [-0.3, -0.25) is 13.9 Å². The quantitative estimate of drug-likeness (QED) is 0.558. The summed E-state index contributed by atoms with van der Waals surface area (Å²) in [7, 11) is 6.19. The number of carbonyl (C=O) groups is 1. The highest BCUT2D eigenvalue weighted by atomic mass is 16.4. The van der Waals surface area contributed by atoms with Gasteiger partial charge in [0.1, 0.15) is 7.85 Å². The van der Waals surface area contributed by atoms with E-state index in [-0.39, 0.29) is 18.7 Å². The second-order valence-corrected chi connectivity index (χ2v) is 6.52. The Bertz CT molecular complexity index is 1220. The molecule has 5 nitrogen and oxygen atoms in total. The van der Waals surface area contributed by atoms with Crippen LogP contribution in [0, 0.1) is 0 Å². The predicted molar refractivity (Wildman–Crippen MR) is 107 cm³/mol. The molecule has 6 heteroatoms. The van der Waals surface area contributed by atoms with Gasteiger partial charge in [-0.05, 0) is 28.5 Å². The number of nitrogens with zero attached hydrogens (tertiary/aromatic N) is 2. The summed E-state index contributed by atoms with van der Waals surface area (Å²) in [6, 6.07) is 19.1. The maximum atomic E-state index is 13.0. The molecule has 4 rings (SSSR count). The van der Waals surface area contributed by atoms with Crippen molar-refractivity contribution >= 4 is 41.1 Å². The minimum absolute atomic E-state index is 0.102. The lowest BCUT2D eigenvalue weighted by Gasteiger charge is -2.10. The van der Waals surface area contributed by atoms with E-state index in [9.17, 15) is 9.59 Å². The molecule has 27 heavy (non-hydrogen) atoms. The first kappa shape index (κ1) is 17.2. The lowest BCUT2D eigenvalue weighted by Crippen LogP contribution is -2.26. The first-order valence-electron chi connectivity index (χ1n) is 8.72. The van der Waals surface area contributed by atoms with Crippen molar-refractivity contribution in [2.45, 2.75) is 19.5 Å². The van der Waals surface area contributed by atoms with Gasteiger partial charge in [0, 0.05) is 6.54 Å². The maximum Gasteiger partial charge on any atom is 0.329 e. The zero-order chi connectivity index (χ0) is 19.0. The van der Waals surface area contributed by atoms with Crippen LogP contribution in [-0.2, 0) is 17.9 Å². The Kier molecular flexibility index (Phi) is 4.32. The highest BCUT2D eigenvalue weighted by Crippen LogP contribution is 2.20. The lowest BCUT2D eigenvalue weighted by molar-refractivity contribution is -0.137. The summed E-state index contributed by atoms with van der Waals surface area (Å²) in [5.74, 6) is -0.930. The molecule has 2 radical (unpaired) electrons. The van der Waals surface area contributed by atoms with E-state index >= 15 is 0 Å². The zero-order valence-electron chi connectivity index (χ0n) is 14.6. The minimum Gasteiger partial charge on any atom is -0.481 e. The van der Waals surface area contributed by atoms with E-state index in [4.69, 9.17) is 13.0 Å². The normalized spacial score (nSPS) is 11.3. The van der Waals surface area contributed by atoms with Crippen molar-refractivity contribution in [3.05, 3.63) is 76.7 Å². The molecule has 0 atom stereocenters. The number of rotatable bonds is 5. The highest BCUT2D eigenvalue weighted by Gasteiger charge is 2.15. The van der Waals surface area contributed by atoms with Crippen molar-refractivity contribution in [1.29, 1.82) is 0 Å². The topological polar surface area (TPSA) is 64.2 Å². The van der Waals surface area contributed by atoms with Crippen LogP contribution in [0.4, 0.5) is 0 Å². The van der Waals surface area contributed by atoms with E-state index in [0.717, 1.165) is 27.4 Å². The van der Waals surface area contributed by atoms with E-state index in [2.05, 4.69) is 0 Å². The number of fused-ring (bicyclic) bond motifs is 2. The molecule has 0 unspecified atom stereocenters. The number of hydrogen-bond acceptors (Lipinski definition) is 2. The number of aryl methyl sites for hydroxylation is 1. The predicted octanol–water partition coefficient (Wildman–Crippen LogP) is 2.27. The molecule has 0 aliphatic heterocycles. The van der Waals surface area contributed by atoms with Gasteiger partial charge in [0.25, 0.3) is 0 Å². The fourth-order valence-corrected chi connectivity index (χ4v) is 3.60. The largest absolute Gasteiger partial charge is 0.481 e. The van der Waals surface area contributed by atoms with Crippen molar-refractivity contribution in [1.82, 2.24) is 9.13 Å². The fraction of sp³-hybridized carbons (Fsp3) is 0.143. The molecule has 0 aliphatic rings. The molecule has 1 N–H and O–H groups in total. The Labute approximate surface area is 156 Å². The van der Waals surface area contributed by atoms with Crippen molar-refractivity contribution < 1.29 is 9.90 Å². The van der Waals surface area contributed by atoms with Crippen LogP contribution in [0.5, 0.6) is 0 Å². The lowest BCUT2D eigenvalue weighted by atomic mass is 9.87. The maximum absolute atomic E-state index is 13.0. The van der Waals surface area contributed by atoms with Gasteiger partial charge in [-0.25, -0.2) is 4.79 Å². The SMILES string of the molecule is [B]c1cccc2cccc(Cn3c(=O)n(CCC(=O)O)c4ccccc43)c12. The number of carboxylic acid groups (broad SMARTS) is 1. The highest BCUT2D eigenvalue weighted by molar-refractivity contribution is 6.39. The number of carboxylic acids is 1. The van der Waals surface area contributed by atoms with Crippen LogP contribution in [0.3, 0.4) is 0 Å². The Morgan fingerprint density at radius 2 is 1.59 bits per heavy atom. The summed E-state index contributed by atoms with van der Waals surface area (Å²) in [5, 5.41) is 11.0. The molecule has 0 bridgehead atoms. The van der Waals surface area contributed by atoms with Crippen LogP contribution in [0.15, 0.2) is 65.5 Å². The third-order valence-corrected chi connectivity index (χ3v) is 4.83. The van der Waals surface area contributed by atoms with Crippen LogP contribution >= 0.6 is 0 Å².